The molecule has 0 spiro atoms. The highest BCUT2D eigenvalue weighted by molar-refractivity contribution is 6.09. The van der Waals surface area contributed by atoms with Crippen molar-refractivity contribution in [2.75, 3.05) is 0 Å². The average molecular weight is 473 g/mol. The van der Waals surface area contributed by atoms with E-state index in [1.54, 1.807) is 12.3 Å². The van der Waals surface area contributed by atoms with Crippen LogP contribution in [0.5, 0.6) is 0 Å². The molecule has 0 amide bonds. The Hall–Kier alpha value is -5.52. The molecule has 5 heteroatoms. The van der Waals surface area contributed by atoms with Crippen molar-refractivity contribution in [3.8, 4) is 34.5 Å². The number of furan rings is 1. The fourth-order valence-corrected chi connectivity index (χ4v) is 5.04. The summed E-state index contributed by atoms with van der Waals surface area (Å²) in [6, 6.07) is 34.3. The van der Waals surface area contributed by atoms with Gasteiger partial charge >= 0.3 is 0 Å². The highest BCUT2D eigenvalue weighted by atomic mass is 16.3. The van der Waals surface area contributed by atoms with Gasteiger partial charge in [0.05, 0.1) is 27.9 Å². The van der Waals surface area contributed by atoms with Crippen LogP contribution in [-0.2, 0) is 0 Å². The van der Waals surface area contributed by atoms with Crippen LogP contribution in [-0.4, -0.2) is 9.97 Å². The van der Waals surface area contributed by atoms with E-state index in [1.165, 1.54) is 0 Å². The Morgan fingerprint density at radius 1 is 0.568 bits per heavy atom. The quantitative estimate of drug-likeness (QED) is 0.240. The number of aromatic nitrogens is 2. The Kier molecular flexibility index (Phi) is 4.51. The Morgan fingerprint density at radius 2 is 1.24 bits per heavy atom. The van der Waals surface area contributed by atoms with E-state index in [2.05, 4.69) is 47.5 Å². The molecule has 0 aliphatic rings. The summed E-state index contributed by atoms with van der Waals surface area (Å²) in [6.07, 6.45) is 1.68. The summed E-state index contributed by atoms with van der Waals surface area (Å²) in [4.78, 5) is 9.39. The maximum atomic E-state index is 9.79. The lowest BCUT2D eigenvalue weighted by Crippen LogP contribution is -1.95. The van der Waals surface area contributed by atoms with Crippen molar-refractivity contribution in [2.24, 2.45) is 0 Å². The number of rotatable bonds is 2. The molecule has 0 saturated carbocycles. The largest absolute Gasteiger partial charge is 0.456 e. The van der Waals surface area contributed by atoms with Gasteiger partial charge in [-0.05, 0) is 53.6 Å². The van der Waals surface area contributed by atoms with Crippen molar-refractivity contribution in [2.45, 2.75) is 0 Å². The van der Waals surface area contributed by atoms with E-state index < -0.39 is 0 Å². The molecule has 0 bridgehead atoms. The predicted molar refractivity (Wildman–Crippen MR) is 145 cm³/mol. The van der Waals surface area contributed by atoms with Crippen molar-refractivity contribution in [1.29, 1.82) is 10.5 Å². The first-order chi connectivity index (χ1) is 18.2. The minimum Gasteiger partial charge on any atom is -0.456 e. The summed E-state index contributed by atoms with van der Waals surface area (Å²) in [5, 5.41) is 23.0. The topological polar surface area (TPSA) is 86.5 Å². The summed E-state index contributed by atoms with van der Waals surface area (Å²) in [7, 11) is 0. The van der Waals surface area contributed by atoms with Crippen molar-refractivity contribution in [3.05, 3.63) is 108 Å². The standard InChI is InChI=1S/C32H16N4O/c33-17-26-23-5-3-15-35-31(23)32-24(27(26)18-34)12-13-28(36-32)20-9-7-19(8-10-20)21-11-14-30-25(16-21)22-4-1-2-6-29(22)37-30/h1-16H. The highest BCUT2D eigenvalue weighted by Crippen LogP contribution is 2.34. The number of pyridine rings is 2. The monoisotopic (exact) mass is 472 g/mol. The lowest BCUT2D eigenvalue weighted by molar-refractivity contribution is 0.669. The molecule has 0 fully saturated rings. The van der Waals surface area contributed by atoms with E-state index in [4.69, 9.17) is 9.40 Å². The fourth-order valence-electron chi connectivity index (χ4n) is 5.04. The van der Waals surface area contributed by atoms with Crippen LogP contribution in [0.3, 0.4) is 0 Å². The SMILES string of the molecule is N#Cc1c(C#N)c2ccc(-c3ccc(-c4ccc5oc6ccccc6c5c4)cc3)nc2c2ncccc12. The normalized spacial score (nSPS) is 11.2. The molecule has 7 aromatic rings. The smallest absolute Gasteiger partial charge is 0.135 e. The van der Waals surface area contributed by atoms with Crippen LogP contribution in [0.15, 0.2) is 102 Å². The van der Waals surface area contributed by atoms with E-state index in [0.717, 1.165) is 44.3 Å². The zero-order chi connectivity index (χ0) is 24.9. The van der Waals surface area contributed by atoms with Crippen LogP contribution in [0, 0.1) is 22.7 Å². The van der Waals surface area contributed by atoms with Gasteiger partial charge in [0.2, 0.25) is 0 Å². The van der Waals surface area contributed by atoms with Gasteiger partial charge in [0.1, 0.15) is 23.3 Å². The number of benzene rings is 4. The van der Waals surface area contributed by atoms with Gasteiger partial charge in [0.15, 0.2) is 0 Å². The van der Waals surface area contributed by atoms with Gasteiger partial charge in [-0.1, -0.05) is 48.5 Å². The minimum atomic E-state index is 0.328. The Morgan fingerprint density at radius 3 is 2.05 bits per heavy atom. The van der Waals surface area contributed by atoms with Crippen LogP contribution >= 0.6 is 0 Å². The van der Waals surface area contributed by atoms with Gasteiger partial charge in [0, 0.05) is 33.3 Å². The summed E-state index contributed by atoms with van der Waals surface area (Å²) < 4.78 is 5.97. The zero-order valence-corrected chi connectivity index (χ0v) is 19.4. The number of fused-ring (bicyclic) bond motifs is 6. The Labute approximate surface area is 211 Å². The molecular formula is C32H16N4O. The third kappa shape index (κ3) is 3.16. The van der Waals surface area contributed by atoms with Gasteiger partial charge < -0.3 is 4.42 Å². The molecule has 7 rings (SSSR count). The first kappa shape index (κ1) is 20.8. The summed E-state index contributed by atoms with van der Waals surface area (Å²) in [5.74, 6) is 0. The summed E-state index contributed by atoms with van der Waals surface area (Å²) in [5.41, 5.74) is 7.58. The van der Waals surface area contributed by atoms with Crippen LogP contribution in [0.4, 0.5) is 0 Å². The molecule has 0 aliphatic heterocycles. The van der Waals surface area contributed by atoms with Gasteiger partial charge in [-0.2, -0.15) is 10.5 Å². The van der Waals surface area contributed by atoms with Crippen LogP contribution < -0.4 is 0 Å². The van der Waals surface area contributed by atoms with Crippen molar-refractivity contribution in [1.82, 2.24) is 9.97 Å². The molecule has 3 aromatic heterocycles. The van der Waals surface area contributed by atoms with Crippen LogP contribution in [0.2, 0.25) is 0 Å². The average Bonchev–Trinajstić information content (AvgIpc) is 3.34. The zero-order valence-electron chi connectivity index (χ0n) is 19.4. The summed E-state index contributed by atoms with van der Waals surface area (Å²) >= 11 is 0. The van der Waals surface area contributed by atoms with Gasteiger partial charge in [-0.25, -0.2) is 4.98 Å². The van der Waals surface area contributed by atoms with E-state index in [-0.39, 0.29) is 0 Å². The number of hydrogen-bond donors (Lipinski definition) is 0. The minimum absolute atomic E-state index is 0.328. The van der Waals surface area contributed by atoms with E-state index >= 15 is 0 Å². The second-order valence-corrected chi connectivity index (χ2v) is 8.85. The third-order valence-electron chi connectivity index (χ3n) is 6.83. The molecule has 4 aromatic carbocycles. The molecule has 3 heterocycles. The molecule has 0 saturated heterocycles. The lowest BCUT2D eigenvalue weighted by Gasteiger charge is -2.10. The maximum Gasteiger partial charge on any atom is 0.135 e. The van der Waals surface area contributed by atoms with Crippen molar-refractivity contribution >= 4 is 43.7 Å². The molecule has 0 atom stereocenters. The number of nitriles is 2. The van der Waals surface area contributed by atoms with Crippen molar-refractivity contribution in [3.63, 3.8) is 0 Å². The Bertz CT molecular complexity index is 2110. The maximum absolute atomic E-state index is 9.79. The third-order valence-corrected chi connectivity index (χ3v) is 6.83. The molecule has 0 aliphatic carbocycles. The molecule has 5 nitrogen and oxygen atoms in total. The first-order valence-electron chi connectivity index (χ1n) is 11.8. The first-order valence-corrected chi connectivity index (χ1v) is 11.8. The van der Waals surface area contributed by atoms with E-state index in [9.17, 15) is 10.5 Å². The van der Waals surface area contributed by atoms with Gasteiger partial charge in [0.25, 0.3) is 0 Å². The molecule has 0 radical (unpaired) electrons. The number of nitrogens with zero attached hydrogens (tertiary/aromatic N) is 4. The second kappa shape index (κ2) is 8.02. The van der Waals surface area contributed by atoms with Crippen molar-refractivity contribution < 1.29 is 4.42 Å². The fraction of sp³-hybridized carbons (Fsp3) is 0. The van der Waals surface area contributed by atoms with E-state index in [0.29, 0.717) is 32.9 Å². The molecule has 0 unspecified atom stereocenters. The number of para-hydroxylation sites is 1. The van der Waals surface area contributed by atoms with Gasteiger partial charge in [-0.15, -0.1) is 0 Å². The van der Waals surface area contributed by atoms with Crippen LogP contribution in [0.25, 0.3) is 66.1 Å². The van der Waals surface area contributed by atoms with Crippen LogP contribution in [0.1, 0.15) is 11.1 Å². The summed E-state index contributed by atoms with van der Waals surface area (Å²) in [6.45, 7) is 0. The molecule has 0 N–H and O–H groups in total. The molecule has 37 heavy (non-hydrogen) atoms. The number of hydrogen-bond acceptors (Lipinski definition) is 5. The van der Waals surface area contributed by atoms with E-state index in [1.807, 2.05) is 54.6 Å². The molecular weight excluding hydrogens is 456 g/mol. The molecule has 170 valence electrons. The highest BCUT2D eigenvalue weighted by Gasteiger charge is 2.17. The predicted octanol–water partition coefficient (Wildman–Crippen LogP) is 7.76. The Balaban J connectivity index is 1.33. The van der Waals surface area contributed by atoms with Gasteiger partial charge in [-0.3, -0.25) is 4.98 Å². The second-order valence-electron chi connectivity index (χ2n) is 8.85. The lowest BCUT2D eigenvalue weighted by atomic mass is 9.97.